The van der Waals surface area contributed by atoms with Gasteiger partial charge < -0.3 is 28.4 Å². The first-order valence-corrected chi connectivity index (χ1v) is 8.85. The van der Waals surface area contributed by atoms with Crippen molar-refractivity contribution in [2.24, 2.45) is 0 Å². The Morgan fingerprint density at radius 1 is 1.11 bits per heavy atom. The highest BCUT2D eigenvalue weighted by Gasteiger charge is 2.32. The zero-order valence-electron chi connectivity index (χ0n) is 16.5. The van der Waals surface area contributed by atoms with Crippen molar-refractivity contribution < 1.29 is 28.5 Å². The summed E-state index contributed by atoms with van der Waals surface area (Å²) < 4.78 is 22.6. The third-order valence-electron chi connectivity index (χ3n) is 4.76. The summed E-state index contributed by atoms with van der Waals surface area (Å²) in [7, 11) is 4.22. The molecule has 8 heteroatoms. The van der Waals surface area contributed by atoms with E-state index in [0.29, 0.717) is 6.61 Å². The molecular weight excluding hydrogens is 364 g/mol. The Balaban J connectivity index is 2.06. The maximum atomic E-state index is 12.4. The summed E-state index contributed by atoms with van der Waals surface area (Å²) in [6, 6.07) is 7.90. The van der Waals surface area contributed by atoms with Crippen molar-refractivity contribution in [3.8, 4) is 0 Å². The van der Waals surface area contributed by atoms with Crippen LogP contribution in [0.15, 0.2) is 35.5 Å². The van der Waals surface area contributed by atoms with E-state index in [1.54, 1.807) is 12.0 Å². The summed E-state index contributed by atoms with van der Waals surface area (Å²) >= 11 is 0. The number of aryl methyl sites for hydroxylation is 1. The van der Waals surface area contributed by atoms with Crippen molar-refractivity contribution in [2.45, 2.75) is 13.5 Å². The van der Waals surface area contributed by atoms with E-state index in [2.05, 4.69) is 10.6 Å². The minimum atomic E-state index is -0.618. The summed E-state index contributed by atoms with van der Waals surface area (Å²) in [6.45, 7) is 3.51. The van der Waals surface area contributed by atoms with Gasteiger partial charge in [-0.15, -0.1) is 0 Å². The number of fused-ring (bicyclic) bond motifs is 1. The van der Waals surface area contributed by atoms with Crippen molar-refractivity contribution in [2.75, 3.05) is 46.2 Å². The van der Waals surface area contributed by atoms with Gasteiger partial charge in [0.05, 0.1) is 33.0 Å². The number of methoxy groups -OCH3 is 3. The van der Waals surface area contributed by atoms with E-state index in [9.17, 15) is 9.59 Å². The molecule has 0 amide bonds. The fourth-order valence-corrected chi connectivity index (χ4v) is 3.39. The molecular formula is C20H24N2O6. The van der Waals surface area contributed by atoms with Crippen molar-refractivity contribution in [1.29, 1.82) is 0 Å². The molecule has 1 aliphatic rings. The van der Waals surface area contributed by atoms with Crippen LogP contribution in [0.4, 0.5) is 5.69 Å². The number of carbonyl (C=O) groups excluding carboxylic acids is 2. The van der Waals surface area contributed by atoms with Gasteiger partial charge in [0.2, 0.25) is 0 Å². The zero-order chi connectivity index (χ0) is 20.3. The molecule has 1 aromatic carbocycles. The molecule has 0 saturated carbocycles. The molecule has 0 N–H and O–H groups in total. The molecule has 0 fully saturated rings. The second kappa shape index (κ2) is 8.45. The zero-order valence-corrected chi connectivity index (χ0v) is 16.5. The van der Waals surface area contributed by atoms with Gasteiger partial charge in [-0.05, 0) is 31.2 Å². The number of hydrogen-bond acceptors (Lipinski definition) is 7. The molecule has 0 spiro atoms. The number of esters is 2. The topological polar surface area (TPSA) is 79.2 Å². The lowest BCUT2D eigenvalue weighted by Gasteiger charge is -2.31. The Labute approximate surface area is 163 Å². The Kier molecular flexibility index (Phi) is 6.01. The van der Waals surface area contributed by atoms with E-state index in [0.717, 1.165) is 28.8 Å². The number of carbonyl (C=O) groups is 2. The van der Waals surface area contributed by atoms with Crippen LogP contribution in [-0.4, -0.2) is 57.8 Å². The van der Waals surface area contributed by atoms with Crippen molar-refractivity contribution in [3.05, 3.63) is 41.2 Å². The number of rotatable bonds is 6. The summed E-state index contributed by atoms with van der Waals surface area (Å²) in [6.07, 6.45) is 0. The first kappa shape index (κ1) is 19.9. The lowest BCUT2D eigenvalue weighted by molar-refractivity contribution is -0.140. The van der Waals surface area contributed by atoms with Crippen LogP contribution < -0.4 is 4.90 Å². The number of benzene rings is 1. The molecule has 0 bridgehead atoms. The number of aromatic nitrogens is 1. The summed E-state index contributed by atoms with van der Waals surface area (Å²) in [5.74, 6) is -1.23. The molecule has 0 radical (unpaired) electrons. The van der Waals surface area contributed by atoms with Gasteiger partial charge in [-0.2, -0.15) is 0 Å². The minimum absolute atomic E-state index is 0.0116. The molecule has 0 saturated heterocycles. The van der Waals surface area contributed by atoms with E-state index < -0.39 is 11.9 Å². The Morgan fingerprint density at radius 3 is 2.54 bits per heavy atom. The number of nitrogens with zero attached hydrogens (tertiary/aromatic N) is 2. The molecule has 150 valence electrons. The predicted molar refractivity (Wildman–Crippen MR) is 103 cm³/mol. The maximum absolute atomic E-state index is 12.4. The summed E-state index contributed by atoms with van der Waals surface area (Å²) in [4.78, 5) is 26.2. The third kappa shape index (κ3) is 3.61. The second-order valence-electron chi connectivity index (χ2n) is 6.39. The van der Waals surface area contributed by atoms with Gasteiger partial charge in [0.25, 0.3) is 0 Å². The van der Waals surface area contributed by atoms with Crippen molar-refractivity contribution in [3.63, 3.8) is 0 Å². The fourth-order valence-electron chi connectivity index (χ4n) is 3.39. The van der Waals surface area contributed by atoms with Crippen LogP contribution in [0.5, 0.6) is 0 Å². The SMILES string of the molecule is COCCn1c(C)cc2cc(N3COCC(C(=O)OC)=C3C(=O)OC)ccc21. The molecule has 1 aliphatic heterocycles. The average Bonchev–Trinajstić information content (AvgIpc) is 3.04. The van der Waals surface area contributed by atoms with E-state index in [-0.39, 0.29) is 24.6 Å². The molecule has 2 aromatic rings. The Morgan fingerprint density at radius 2 is 1.86 bits per heavy atom. The Bertz CT molecular complexity index is 930. The highest BCUT2D eigenvalue weighted by Crippen LogP contribution is 2.30. The largest absolute Gasteiger partial charge is 0.466 e. The highest BCUT2D eigenvalue weighted by molar-refractivity contribution is 6.03. The standard InChI is InChI=1S/C20H24N2O6/c1-13-9-14-10-15(5-6-17(14)21(13)7-8-25-2)22-12-28-11-16(19(23)26-3)18(22)20(24)27-4/h5-6,9-10H,7-8,11-12H2,1-4H3. The van der Waals surface area contributed by atoms with E-state index in [1.165, 1.54) is 14.2 Å². The van der Waals surface area contributed by atoms with E-state index in [4.69, 9.17) is 18.9 Å². The highest BCUT2D eigenvalue weighted by atomic mass is 16.5. The molecule has 0 atom stereocenters. The van der Waals surface area contributed by atoms with Crippen LogP contribution in [0.25, 0.3) is 10.9 Å². The molecule has 0 aliphatic carbocycles. The average molecular weight is 388 g/mol. The van der Waals surface area contributed by atoms with Crippen LogP contribution in [0, 0.1) is 6.92 Å². The van der Waals surface area contributed by atoms with Crippen molar-refractivity contribution in [1.82, 2.24) is 4.57 Å². The van der Waals surface area contributed by atoms with E-state index >= 15 is 0 Å². The fraction of sp³-hybridized carbons (Fsp3) is 0.400. The van der Waals surface area contributed by atoms with Crippen LogP contribution in [0.2, 0.25) is 0 Å². The smallest absolute Gasteiger partial charge is 0.355 e. The predicted octanol–water partition coefficient (Wildman–Crippen LogP) is 1.99. The molecule has 3 rings (SSSR count). The van der Waals surface area contributed by atoms with Crippen molar-refractivity contribution >= 4 is 28.5 Å². The lowest BCUT2D eigenvalue weighted by Crippen LogP contribution is -2.38. The summed E-state index contributed by atoms with van der Waals surface area (Å²) in [5.41, 5.74) is 3.16. The van der Waals surface area contributed by atoms with Gasteiger partial charge in [0.15, 0.2) is 0 Å². The first-order chi connectivity index (χ1) is 13.5. The first-order valence-electron chi connectivity index (χ1n) is 8.85. The quantitative estimate of drug-likeness (QED) is 0.700. The van der Waals surface area contributed by atoms with Crippen LogP contribution in [0.1, 0.15) is 5.69 Å². The van der Waals surface area contributed by atoms with Crippen LogP contribution in [-0.2, 0) is 35.1 Å². The lowest BCUT2D eigenvalue weighted by atomic mass is 10.1. The molecule has 28 heavy (non-hydrogen) atoms. The molecule has 8 nitrogen and oxygen atoms in total. The number of anilines is 1. The monoisotopic (exact) mass is 388 g/mol. The third-order valence-corrected chi connectivity index (χ3v) is 4.76. The second-order valence-corrected chi connectivity index (χ2v) is 6.39. The number of hydrogen-bond donors (Lipinski definition) is 0. The minimum Gasteiger partial charge on any atom is -0.466 e. The summed E-state index contributed by atoms with van der Waals surface area (Å²) in [5, 5.41) is 1.01. The van der Waals surface area contributed by atoms with E-state index in [1.807, 2.05) is 25.1 Å². The van der Waals surface area contributed by atoms with Crippen LogP contribution >= 0.6 is 0 Å². The van der Waals surface area contributed by atoms with Gasteiger partial charge in [-0.25, -0.2) is 9.59 Å². The molecule has 2 heterocycles. The maximum Gasteiger partial charge on any atom is 0.355 e. The van der Waals surface area contributed by atoms with Gasteiger partial charge in [-0.1, -0.05) is 0 Å². The van der Waals surface area contributed by atoms with Gasteiger partial charge in [0.1, 0.15) is 12.4 Å². The molecule has 0 unspecified atom stereocenters. The van der Waals surface area contributed by atoms with Gasteiger partial charge in [0, 0.05) is 35.9 Å². The number of ether oxygens (including phenoxy) is 4. The van der Waals surface area contributed by atoms with Gasteiger partial charge in [-0.3, -0.25) is 0 Å². The Hall–Kier alpha value is -2.84. The van der Waals surface area contributed by atoms with Gasteiger partial charge >= 0.3 is 11.9 Å². The van der Waals surface area contributed by atoms with Crippen LogP contribution in [0.3, 0.4) is 0 Å². The normalized spacial score (nSPS) is 14.5. The molecule has 1 aromatic heterocycles.